The average Bonchev–Trinajstić information content (AvgIpc) is 2.83. The molecular formula is C15H16N2O2. The molecule has 1 aromatic carbocycles. The topological polar surface area (TPSA) is 47.3 Å². The summed E-state index contributed by atoms with van der Waals surface area (Å²) >= 11 is 0. The minimum Gasteiger partial charge on any atom is -0.472 e. The number of benzene rings is 1. The molecule has 0 aliphatic carbocycles. The van der Waals surface area contributed by atoms with Crippen LogP contribution in [-0.2, 0) is 13.0 Å². The zero-order valence-electron chi connectivity index (χ0n) is 11.1. The summed E-state index contributed by atoms with van der Waals surface area (Å²) in [7, 11) is 0. The lowest BCUT2D eigenvalue weighted by molar-refractivity contribution is 0.141. The van der Waals surface area contributed by atoms with Gasteiger partial charge < -0.3 is 9.94 Å². The van der Waals surface area contributed by atoms with Crippen LogP contribution in [0.1, 0.15) is 30.5 Å². The maximum absolute atomic E-state index is 9.09. The number of aryl methyl sites for hydroxylation is 1. The first-order valence-corrected chi connectivity index (χ1v) is 6.15. The second kappa shape index (κ2) is 5.96. The molecule has 4 nitrogen and oxygen atoms in total. The molecule has 0 saturated carbocycles. The van der Waals surface area contributed by atoms with Gasteiger partial charge in [0.2, 0.25) is 5.88 Å². The third kappa shape index (κ3) is 3.08. The lowest BCUT2D eigenvalue weighted by atomic mass is 10.00. The summed E-state index contributed by atoms with van der Waals surface area (Å²) in [5, 5.41) is 12.9. The zero-order chi connectivity index (χ0) is 13.7. The third-order valence-corrected chi connectivity index (χ3v) is 2.83. The number of ether oxygens (including phenoxy) is 1. The molecule has 2 aromatic rings. The average molecular weight is 256 g/mol. The van der Waals surface area contributed by atoms with Gasteiger partial charge in [0, 0.05) is 17.2 Å². The maximum Gasteiger partial charge on any atom is 0.236 e. The Morgan fingerprint density at radius 2 is 2.21 bits per heavy atom. The predicted octanol–water partition coefficient (Wildman–Crippen LogP) is 2.63. The highest BCUT2D eigenvalue weighted by Gasteiger charge is 2.08. The molecule has 2 rings (SSSR count). The van der Waals surface area contributed by atoms with Crippen molar-refractivity contribution in [3.63, 3.8) is 0 Å². The van der Waals surface area contributed by atoms with Gasteiger partial charge in [-0.2, -0.15) is 0 Å². The number of nitrogens with zero attached hydrogens (tertiary/aromatic N) is 2. The van der Waals surface area contributed by atoms with Gasteiger partial charge in [0.25, 0.3) is 0 Å². The van der Waals surface area contributed by atoms with Gasteiger partial charge in [-0.1, -0.05) is 30.1 Å². The molecule has 0 unspecified atom stereocenters. The SMILES string of the molecule is CC#Cc1cccc(CC)c1COc1ccn(O)n1. The standard InChI is InChI=1S/C15H16N2O2/c1-3-6-13-8-5-7-12(4-2)14(13)11-19-15-9-10-17(18)16-15/h5,7-10,18H,4,11H2,1-2H3. The molecule has 1 aromatic heterocycles. The number of rotatable bonds is 4. The monoisotopic (exact) mass is 256 g/mol. The highest BCUT2D eigenvalue weighted by molar-refractivity contribution is 5.45. The fourth-order valence-corrected chi connectivity index (χ4v) is 1.91. The van der Waals surface area contributed by atoms with Gasteiger partial charge in [-0.3, -0.25) is 0 Å². The molecule has 4 heteroatoms. The first-order valence-electron chi connectivity index (χ1n) is 6.15. The summed E-state index contributed by atoms with van der Waals surface area (Å²) in [5.74, 6) is 6.39. The van der Waals surface area contributed by atoms with Gasteiger partial charge in [-0.15, -0.1) is 10.8 Å². The number of hydrogen-bond donors (Lipinski definition) is 1. The Labute approximate surface area is 112 Å². The van der Waals surface area contributed by atoms with Crippen molar-refractivity contribution >= 4 is 0 Å². The molecule has 0 fully saturated rings. The van der Waals surface area contributed by atoms with Crippen LogP contribution >= 0.6 is 0 Å². The van der Waals surface area contributed by atoms with E-state index in [0.29, 0.717) is 12.5 Å². The van der Waals surface area contributed by atoms with Crippen LogP contribution in [-0.4, -0.2) is 15.2 Å². The first kappa shape index (κ1) is 13.0. The first-order chi connectivity index (χ1) is 9.24. The predicted molar refractivity (Wildman–Crippen MR) is 72.1 cm³/mol. The van der Waals surface area contributed by atoms with Crippen LogP contribution in [0.5, 0.6) is 5.88 Å². The summed E-state index contributed by atoms with van der Waals surface area (Å²) < 4.78 is 5.58. The molecule has 0 atom stereocenters. The van der Waals surface area contributed by atoms with Gasteiger partial charge in [0.15, 0.2) is 0 Å². The Bertz CT molecular complexity index is 621. The molecule has 1 heterocycles. The lowest BCUT2D eigenvalue weighted by Gasteiger charge is -2.10. The smallest absolute Gasteiger partial charge is 0.236 e. The minimum absolute atomic E-state index is 0.392. The van der Waals surface area contributed by atoms with Crippen LogP contribution in [0.15, 0.2) is 30.5 Å². The van der Waals surface area contributed by atoms with E-state index < -0.39 is 0 Å². The quantitative estimate of drug-likeness (QED) is 0.675. The zero-order valence-corrected chi connectivity index (χ0v) is 11.1. The molecule has 0 bridgehead atoms. The van der Waals surface area contributed by atoms with Crippen LogP contribution in [0.4, 0.5) is 0 Å². The summed E-state index contributed by atoms with van der Waals surface area (Å²) in [6.07, 6.45) is 2.35. The highest BCUT2D eigenvalue weighted by Crippen LogP contribution is 2.17. The molecule has 0 radical (unpaired) electrons. The summed E-state index contributed by atoms with van der Waals surface area (Å²) in [6.45, 7) is 4.31. The van der Waals surface area contributed by atoms with Crippen molar-refractivity contribution in [2.45, 2.75) is 26.9 Å². The molecule has 19 heavy (non-hydrogen) atoms. The van der Waals surface area contributed by atoms with Crippen LogP contribution in [0, 0.1) is 11.8 Å². The molecule has 0 aliphatic heterocycles. The number of aromatic nitrogens is 2. The fraction of sp³-hybridized carbons (Fsp3) is 0.267. The van der Waals surface area contributed by atoms with E-state index in [1.54, 1.807) is 6.07 Å². The van der Waals surface area contributed by atoms with Crippen molar-refractivity contribution in [1.29, 1.82) is 0 Å². The molecule has 0 spiro atoms. The lowest BCUT2D eigenvalue weighted by Crippen LogP contribution is -2.03. The van der Waals surface area contributed by atoms with Gasteiger partial charge in [-0.05, 0) is 25.0 Å². The van der Waals surface area contributed by atoms with E-state index in [4.69, 9.17) is 9.94 Å². The Morgan fingerprint density at radius 1 is 1.37 bits per heavy atom. The Hall–Kier alpha value is -2.41. The van der Waals surface area contributed by atoms with Crippen molar-refractivity contribution in [3.05, 3.63) is 47.2 Å². The van der Waals surface area contributed by atoms with Crippen molar-refractivity contribution < 1.29 is 9.94 Å². The van der Waals surface area contributed by atoms with E-state index in [2.05, 4.69) is 29.9 Å². The van der Waals surface area contributed by atoms with Gasteiger partial charge in [-0.25, -0.2) is 0 Å². The Balaban J connectivity index is 2.24. The van der Waals surface area contributed by atoms with Gasteiger partial charge in [0.05, 0.1) is 6.20 Å². The Morgan fingerprint density at radius 3 is 2.84 bits per heavy atom. The second-order valence-electron chi connectivity index (χ2n) is 4.03. The normalized spacial score (nSPS) is 9.79. The van der Waals surface area contributed by atoms with Gasteiger partial charge in [0.1, 0.15) is 6.61 Å². The van der Waals surface area contributed by atoms with Crippen LogP contribution in [0.25, 0.3) is 0 Å². The molecule has 0 saturated heterocycles. The summed E-state index contributed by atoms with van der Waals surface area (Å²) in [6, 6.07) is 7.67. The van der Waals surface area contributed by atoms with Crippen molar-refractivity contribution in [3.8, 4) is 17.7 Å². The van der Waals surface area contributed by atoms with Crippen molar-refractivity contribution in [2.24, 2.45) is 0 Å². The van der Waals surface area contributed by atoms with E-state index >= 15 is 0 Å². The highest BCUT2D eigenvalue weighted by atomic mass is 16.5. The summed E-state index contributed by atoms with van der Waals surface area (Å²) in [4.78, 5) is 0.730. The van der Waals surface area contributed by atoms with Crippen LogP contribution in [0.3, 0.4) is 0 Å². The minimum atomic E-state index is 0.392. The van der Waals surface area contributed by atoms with E-state index in [9.17, 15) is 0 Å². The molecule has 1 N–H and O–H groups in total. The van der Waals surface area contributed by atoms with Crippen LogP contribution < -0.4 is 4.74 Å². The summed E-state index contributed by atoms with van der Waals surface area (Å²) in [5.41, 5.74) is 3.26. The van der Waals surface area contributed by atoms with E-state index in [1.165, 1.54) is 11.8 Å². The van der Waals surface area contributed by atoms with Gasteiger partial charge >= 0.3 is 0 Å². The molecule has 0 amide bonds. The van der Waals surface area contributed by atoms with Crippen molar-refractivity contribution in [2.75, 3.05) is 0 Å². The second-order valence-corrected chi connectivity index (χ2v) is 4.03. The van der Waals surface area contributed by atoms with Crippen molar-refractivity contribution in [1.82, 2.24) is 9.94 Å². The Kier molecular flexibility index (Phi) is 4.09. The fourth-order valence-electron chi connectivity index (χ4n) is 1.91. The van der Waals surface area contributed by atoms with E-state index in [1.807, 2.05) is 19.1 Å². The largest absolute Gasteiger partial charge is 0.472 e. The van der Waals surface area contributed by atoms with Crippen LogP contribution in [0.2, 0.25) is 0 Å². The molecular weight excluding hydrogens is 240 g/mol. The van der Waals surface area contributed by atoms with E-state index in [-0.39, 0.29) is 0 Å². The number of hydrogen-bond acceptors (Lipinski definition) is 3. The van der Waals surface area contributed by atoms with E-state index in [0.717, 1.165) is 22.4 Å². The third-order valence-electron chi connectivity index (χ3n) is 2.83. The molecule has 0 aliphatic rings. The maximum atomic E-state index is 9.09. The molecule has 98 valence electrons.